The van der Waals surface area contributed by atoms with Gasteiger partial charge in [0.15, 0.2) is 31.5 Å². The second kappa shape index (κ2) is 54.4. The molecule has 6 fully saturated rings. The van der Waals surface area contributed by atoms with E-state index in [9.17, 15) is 116 Å². The molecule has 6 aliphatic rings. The number of carbonyl (C=O) groups excluding carboxylic acids is 3. The minimum Gasteiger partial charge on any atom is -0.477 e. The summed E-state index contributed by atoms with van der Waals surface area (Å²) in [6.45, 7) is 1.37. The number of amides is 3. The molecular formula is C81H145N3O35. The Balaban J connectivity index is 1.24. The van der Waals surface area contributed by atoms with Gasteiger partial charge in [0.25, 0.3) is 5.79 Å². The number of rotatable bonds is 56. The van der Waals surface area contributed by atoms with Crippen molar-refractivity contribution in [2.45, 2.75) is 436 Å². The van der Waals surface area contributed by atoms with Gasteiger partial charge in [-0.15, -0.1) is 0 Å². The van der Waals surface area contributed by atoms with Gasteiger partial charge in [0, 0.05) is 26.7 Å². The summed E-state index contributed by atoms with van der Waals surface area (Å²) < 4.78 is 72.9. The van der Waals surface area contributed by atoms with Crippen LogP contribution in [0.2, 0.25) is 0 Å². The molecule has 0 radical (unpaired) electrons. The van der Waals surface area contributed by atoms with Gasteiger partial charge in [-0.1, -0.05) is 193 Å². The molecule has 0 aromatic rings. The first-order valence-electron chi connectivity index (χ1n) is 43.5. The standard InChI is InChI=1S/C81H145N3O35/c1-6-8-10-12-14-16-18-20-21-22-23-25-27-29-31-33-35-37-56(94)84-48(49(91)36-34-32-30-28-26-24-19-17-15-13-11-9-7-2)43-108-76-68(104)65(101)70(54(42-88)113-76)115-79-69(105)74(62(98)53(41-87)112-79)118-75-58(83-47(5)90)73(117-78-67(103)64(100)61(97)52(40-86)111-78)71(116-77-66(102)63(99)59(95)45(3)110-77)55(114-75)44-109-81(80(106)107)38-50(92)57(82-46(4)89)72(119-81)60(96)51(93)39-85/h34,36,45,48-55,57-79,85-88,91-93,95-105H,6-33,35,37-44H2,1-5H3,(H,82,89)(H,83,90)(H,84,94)(H,106,107)/b36-34+/t45?,48-,49+,50?,51+,52?,53?,54?,55?,57+,58?,59+,60+,61-,62-,63?,64-,65+,66-,67?,68?,69?,70+,71+,72?,73+,74-,75-,76+,77+,78-,79-,81+/m0/s1. The van der Waals surface area contributed by atoms with Crippen LogP contribution in [-0.2, 0) is 76.0 Å². The number of carbonyl (C=O) groups is 4. The Kier molecular flexibility index (Phi) is 47.7. The lowest BCUT2D eigenvalue weighted by Gasteiger charge is -2.52. The summed E-state index contributed by atoms with van der Waals surface area (Å²) in [5.41, 5.74) is 0. The molecule has 6 saturated heterocycles. The average molecular weight is 1720 g/mol. The van der Waals surface area contributed by atoms with Crippen molar-refractivity contribution >= 4 is 23.7 Å². The molecule has 12 unspecified atom stereocenters. The maximum Gasteiger partial charge on any atom is 0.364 e. The molecule has 38 nitrogen and oxygen atoms in total. The summed E-state index contributed by atoms with van der Waals surface area (Å²) in [7, 11) is 0. The predicted molar refractivity (Wildman–Crippen MR) is 419 cm³/mol. The lowest BCUT2D eigenvalue weighted by molar-refractivity contribution is -0.396. The SMILES string of the molecule is CCCCCCCCCCCCC/C=C/[C@@H](O)[C@H](CO[C@@H]1OC(CO)[C@@H](O[C@@H]2OC(CO)[C@H](O)[C@H](O[C@@H]3OC(CO[C@]4(C(=O)O)CC(O)[C@@H](NC(C)=O)C([C@H](O)[C@H](O)CO)O4)[C@@H](O[C@H]4OC(C)[C@@H](O)C(O)[C@@H]4O)[C@H](O[C@@H]4OC(CO)[C@H](O)[C@H](O)C4O)C3NC(C)=O)C2O)[C@H](O)C1O)NC(=O)CCCCCCCCCCCCCCCCCCC. The van der Waals surface area contributed by atoms with E-state index in [4.69, 9.17) is 56.8 Å². The molecule has 0 aromatic heterocycles. The van der Waals surface area contributed by atoms with E-state index >= 15 is 0 Å². The first-order chi connectivity index (χ1) is 56.9. The van der Waals surface area contributed by atoms with Crippen LogP contribution in [0.4, 0.5) is 0 Å². The molecule has 0 spiro atoms. The number of allylic oxidation sites excluding steroid dienone is 1. The van der Waals surface area contributed by atoms with E-state index in [1.807, 2.05) is 6.08 Å². The van der Waals surface area contributed by atoms with Crippen molar-refractivity contribution in [1.29, 1.82) is 0 Å². The number of nitrogens with one attached hydrogen (secondary N) is 3. The quantitative estimate of drug-likeness (QED) is 0.0246. The zero-order valence-corrected chi connectivity index (χ0v) is 69.8. The monoisotopic (exact) mass is 1720 g/mol. The third-order valence-electron chi connectivity index (χ3n) is 23.2. The van der Waals surface area contributed by atoms with Crippen molar-refractivity contribution in [2.24, 2.45) is 0 Å². The van der Waals surface area contributed by atoms with Crippen LogP contribution < -0.4 is 16.0 Å². The summed E-state index contributed by atoms with van der Waals surface area (Å²) in [4.78, 5) is 53.4. The van der Waals surface area contributed by atoms with Crippen LogP contribution in [0.15, 0.2) is 12.2 Å². The second-order valence-electron chi connectivity index (χ2n) is 32.8. The molecule has 0 aliphatic carbocycles. The van der Waals surface area contributed by atoms with E-state index in [0.29, 0.717) is 12.8 Å². The molecule has 6 rings (SSSR count). The van der Waals surface area contributed by atoms with E-state index in [1.165, 1.54) is 122 Å². The zero-order valence-electron chi connectivity index (χ0n) is 69.8. The lowest BCUT2D eigenvalue weighted by Crippen LogP contribution is -2.72. The minimum absolute atomic E-state index is 0.137. The molecule has 6 aliphatic heterocycles. The maximum atomic E-state index is 13.7. The highest BCUT2D eigenvalue weighted by Gasteiger charge is 2.61. The van der Waals surface area contributed by atoms with Gasteiger partial charge < -0.3 is 170 Å². The van der Waals surface area contributed by atoms with Crippen LogP contribution >= 0.6 is 0 Å². The fraction of sp³-hybridized carbons (Fsp3) is 0.926. The number of hydrogen-bond acceptors (Lipinski definition) is 34. The summed E-state index contributed by atoms with van der Waals surface area (Å²) in [6, 6.07) is -4.94. The van der Waals surface area contributed by atoms with Crippen LogP contribution in [0.5, 0.6) is 0 Å². The maximum absolute atomic E-state index is 13.7. The molecule has 0 bridgehead atoms. The Hall–Kier alpha value is -3.58. The number of carboxylic acid groups (broad SMARTS) is 1. The van der Waals surface area contributed by atoms with Crippen molar-refractivity contribution < 1.29 is 173 Å². The summed E-state index contributed by atoms with van der Waals surface area (Å²) >= 11 is 0. The number of ether oxygens (including phenoxy) is 12. The minimum atomic E-state index is -3.22. The third kappa shape index (κ3) is 31.7. The molecule has 33 atom stereocenters. The molecule has 38 heteroatoms. The van der Waals surface area contributed by atoms with Gasteiger partial charge in [-0.2, -0.15) is 0 Å². The largest absolute Gasteiger partial charge is 0.477 e. The Bertz CT molecular complexity index is 2850. The molecule has 0 saturated carbocycles. The highest BCUT2D eigenvalue weighted by Crippen LogP contribution is 2.40. The lowest BCUT2D eigenvalue weighted by atomic mass is 9.88. The number of aliphatic hydroxyl groups excluding tert-OH is 18. The Morgan fingerprint density at radius 1 is 0.462 bits per heavy atom. The molecular weight excluding hydrogens is 1570 g/mol. The second-order valence-corrected chi connectivity index (χ2v) is 32.8. The number of carboxylic acids is 1. The topological polar surface area (TPSA) is 600 Å². The van der Waals surface area contributed by atoms with Gasteiger partial charge in [-0.05, 0) is 26.2 Å². The van der Waals surface area contributed by atoms with Crippen LogP contribution in [0.3, 0.4) is 0 Å². The highest BCUT2D eigenvalue weighted by atomic mass is 16.8. The Morgan fingerprint density at radius 2 is 0.899 bits per heavy atom. The highest BCUT2D eigenvalue weighted by molar-refractivity contribution is 5.77. The van der Waals surface area contributed by atoms with Gasteiger partial charge in [-0.25, -0.2) is 4.79 Å². The Labute approximate surface area is 697 Å². The van der Waals surface area contributed by atoms with Gasteiger partial charge in [0.2, 0.25) is 17.7 Å². The van der Waals surface area contributed by atoms with E-state index in [-0.39, 0.29) is 12.3 Å². The molecule has 22 N–H and O–H groups in total. The average Bonchev–Trinajstić information content (AvgIpc) is 0.753. The normalized spacial score (nSPS) is 36.2. The van der Waals surface area contributed by atoms with Gasteiger partial charge in [0.05, 0.1) is 70.0 Å². The zero-order chi connectivity index (χ0) is 87.5. The summed E-state index contributed by atoms with van der Waals surface area (Å²) in [5, 5.41) is 221. The van der Waals surface area contributed by atoms with Crippen LogP contribution in [0, 0.1) is 0 Å². The van der Waals surface area contributed by atoms with Crippen LogP contribution in [0.1, 0.15) is 234 Å². The molecule has 694 valence electrons. The molecule has 3 amide bonds. The Morgan fingerprint density at radius 3 is 1.41 bits per heavy atom. The predicted octanol–water partition coefficient (Wildman–Crippen LogP) is -1.41. The van der Waals surface area contributed by atoms with E-state index in [0.717, 1.165) is 71.6 Å². The number of aliphatic hydroxyl groups is 18. The molecule has 6 heterocycles. The van der Waals surface area contributed by atoms with Gasteiger partial charge >= 0.3 is 5.97 Å². The van der Waals surface area contributed by atoms with Crippen LogP contribution in [0.25, 0.3) is 0 Å². The van der Waals surface area contributed by atoms with Crippen molar-refractivity contribution in [3.05, 3.63) is 12.2 Å². The fourth-order valence-electron chi connectivity index (χ4n) is 16.0. The van der Waals surface area contributed by atoms with Crippen LogP contribution in [-0.4, -0.2) is 362 Å². The molecule has 119 heavy (non-hydrogen) atoms. The number of hydrogen-bond donors (Lipinski definition) is 22. The van der Waals surface area contributed by atoms with E-state index in [2.05, 4.69) is 29.8 Å². The smallest absolute Gasteiger partial charge is 0.364 e. The molecule has 0 aromatic carbocycles. The van der Waals surface area contributed by atoms with Gasteiger partial charge in [0.1, 0.15) is 134 Å². The number of unbranched alkanes of at least 4 members (excludes halogenated alkanes) is 27. The number of aliphatic carboxylic acids is 1. The van der Waals surface area contributed by atoms with E-state index < -0.39 is 266 Å². The third-order valence-corrected chi connectivity index (χ3v) is 23.2. The first kappa shape index (κ1) is 104. The first-order valence-corrected chi connectivity index (χ1v) is 43.5. The summed E-state index contributed by atoms with van der Waals surface area (Å²) in [6.07, 6.45) is -24.3. The van der Waals surface area contributed by atoms with Gasteiger partial charge in [-0.3, -0.25) is 14.4 Å². The van der Waals surface area contributed by atoms with Crippen molar-refractivity contribution in [3.8, 4) is 0 Å². The van der Waals surface area contributed by atoms with Crippen molar-refractivity contribution in [1.82, 2.24) is 16.0 Å². The van der Waals surface area contributed by atoms with Crippen molar-refractivity contribution in [2.75, 3.05) is 39.6 Å². The van der Waals surface area contributed by atoms with E-state index in [1.54, 1.807) is 6.08 Å². The summed E-state index contributed by atoms with van der Waals surface area (Å²) in [5.74, 6) is -7.55. The fourth-order valence-corrected chi connectivity index (χ4v) is 16.0. The van der Waals surface area contributed by atoms with Crippen molar-refractivity contribution in [3.63, 3.8) is 0 Å².